The Labute approximate surface area is 67.1 Å². The maximum atomic E-state index is 5.63. The van der Waals surface area contributed by atoms with Gasteiger partial charge in [0.05, 0.1) is 13.2 Å². The highest BCUT2D eigenvalue weighted by atomic mass is 16.7. The maximum Gasteiger partial charge on any atom is 0.169 e. The van der Waals surface area contributed by atoms with Crippen molar-refractivity contribution in [3.05, 3.63) is 0 Å². The van der Waals surface area contributed by atoms with E-state index < -0.39 is 0 Å². The van der Waals surface area contributed by atoms with Crippen LogP contribution >= 0.6 is 0 Å². The molecule has 0 amide bonds. The summed E-state index contributed by atoms with van der Waals surface area (Å²) in [6, 6.07) is 0. The lowest BCUT2D eigenvalue weighted by Crippen LogP contribution is -2.36. The molecule has 2 atom stereocenters. The van der Waals surface area contributed by atoms with Gasteiger partial charge in [-0.05, 0) is 13.3 Å². The standard InChI is InChI=1S/C8H15NO2/c1-8-7(2-4-10-8)6-9-3-5-11-8/h7,9H,2-6H2,1H3. The summed E-state index contributed by atoms with van der Waals surface area (Å²) in [6.45, 7) is 5.67. The summed E-state index contributed by atoms with van der Waals surface area (Å²) in [6.07, 6.45) is 1.13. The van der Waals surface area contributed by atoms with E-state index in [0.717, 1.165) is 32.7 Å². The fourth-order valence-corrected chi connectivity index (χ4v) is 1.83. The number of fused-ring (bicyclic) bond motifs is 1. The molecule has 2 aliphatic heterocycles. The second-order valence-electron chi connectivity index (χ2n) is 3.40. The maximum absolute atomic E-state index is 5.63. The molecule has 1 N–H and O–H groups in total. The average Bonchev–Trinajstić information content (AvgIpc) is 2.24. The van der Waals surface area contributed by atoms with Crippen LogP contribution in [0.1, 0.15) is 13.3 Å². The molecule has 2 saturated heterocycles. The van der Waals surface area contributed by atoms with Crippen molar-refractivity contribution in [1.29, 1.82) is 0 Å². The largest absolute Gasteiger partial charge is 0.350 e. The summed E-state index contributed by atoms with van der Waals surface area (Å²) in [5.74, 6) is 0.258. The van der Waals surface area contributed by atoms with Crippen molar-refractivity contribution in [2.45, 2.75) is 19.1 Å². The van der Waals surface area contributed by atoms with Crippen LogP contribution in [0.25, 0.3) is 0 Å². The van der Waals surface area contributed by atoms with E-state index in [4.69, 9.17) is 9.47 Å². The molecule has 11 heavy (non-hydrogen) atoms. The van der Waals surface area contributed by atoms with Crippen LogP contribution in [0.2, 0.25) is 0 Å². The Kier molecular flexibility index (Phi) is 1.87. The molecule has 2 heterocycles. The number of nitrogens with one attached hydrogen (secondary N) is 1. The third-order valence-electron chi connectivity index (χ3n) is 2.65. The van der Waals surface area contributed by atoms with Crippen LogP contribution in [-0.2, 0) is 9.47 Å². The molecule has 3 nitrogen and oxygen atoms in total. The quantitative estimate of drug-likeness (QED) is 0.550. The fraction of sp³-hybridized carbons (Fsp3) is 1.00. The SMILES string of the molecule is CC12OCCNCC1CCO2. The highest BCUT2D eigenvalue weighted by Gasteiger charge is 2.41. The van der Waals surface area contributed by atoms with Gasteiger partial charge in [-0.3, -0.25) is 0 Å². The fourth-order valence-electron chi connectivity index (χ4n) is 1.83. The Morgan fingerprint density at radius 3 is 3.09 bits per heavy atom. The molecular weight excluding hydrogens is 142 g/mol. The van der Waals surface area contributed by atoms with E-state index in [1.54, 1.807) is 0 Å². The molecule has 0 saturated carbocycles. The highest BCUT2D eigenvalue weighted by Crippen LogP contribution is 2.33. The first-order chi connectivity index (χ1) is 5.31. The molecule has 2 unspecified atom stereocenters. The second kappa shape index (κ2) is 2.73. The van der Waals surface area contributed by atoms with Crippen LogP contribution in [0.3, 0.4) is 0 Å². The van der Waals surface area contributed by atoms with E-state index in [0.29, 0.717) is 5.92 Å². The third kappa shape index (κ3) is 1.28. The molecule has 0 aliphatic carbocycles. The van der Waals surface area contributed by atoms with Crippen LogP contribution in [-0.4, -0.2) is 32.1 Å². The zero-order valence-corrected chi connectivity index (χ0v) is 6.93. The molecule has 2 aliphatic rings. The zero-order chi connectivity index (χ0) is 7.73. The van der Waals surface area contributed by atoms with Crippen LogP contribution in [0.4, 0.5) is 0 Å². The molecule has 0 aromatic heterocycles. The number of hydrogen-bond acceptors (Lipinski definition) is 3. The van der Waals surface area contributed by atoms with E-state index in [-0.39, 0.29) is 5.79 Å². The molecule has 0 radical (unpaired) electrons. The molecule has 3 heteroatoms. The molecule has 0 bridgehead atoms. The van der Waals surface area contributed by atoms with Gasteiger partial charge in [0.2, 0.25) is 0 Å². The van der Waals surface area contributed by atoms with E-state index in [9.17, 15) is 0 Å². The van der Waals surface area contributed by atoms with Gasteiger partial charge >= 0.3 is 0 Å². The molecule has 2 fully saturated rings. The van der Waals surface area contributed by atoms with Gasteiger partial charge in [-0.1, -0.05) is 0 Å². The van der Waals surface area contributed by atoms with Crippen molar-refractivity contribution in [3.63, 3.8) is 0 Å². The van der Waals surface area contributed by atoms with Crippen molar-refractivity contribution >= 4 is 0 Å². The van der Waals surface area contributed by atoms with Crippen molar-refractivity contribution in [3.8, 4) is 0 Å². The third-order valence-corrected chi connectivity index (χ3v) is 2.65. The summed E-state index contributed by atoms with van der Waals surface area (Å²) < 4.78 is 11.2. The summed E-state index contributed by atoms with van der Waals surface area (Å²) in [5.41, 5.74) is 0. The highest BCUT2D eigenvalue weighted by molar-refractivity contribution is 4.84. The Morgan fingerprint density at radius 1 is 1.36 bits per heavy atom. The first kappa shape index (κ1) is 7.53. The van der Waals surface area contributed by atoms with Crippen molar-refractivity contribution in [2.24, 2.45) is 5.92 Å². The zero-order valence-electron chi connectivity index (χ0n) is 6.93. The van der Waals surface area contributed by atoms with Gasteiger partial charge in [-0.2, -0.15) is 0 Å². The Hall–Kier alpha value is -0.120. The monoisotopic (exact) mass is 157 g/mol. The lowest BCUT2D eigenvalue weighted by Gasteiger charge is -2.27. The minimum atomic E-state index is -0.288. The molecule has 0 aromatic rings. The number of rotatable bonds is 0. The predicted molar refractivity (Wildman–Crippen MR) is 41.3 cm³/mol. The van der Waals surface area contributed by atoms with Crippen molar-refractivity contribution in [2.75, 3.05) is 26.3 Å². The Balaban J connectivity index is 2.09. The van der Waals surface area contributed by atoms with Gasteiger partial charge in [0, 0.05) is 19.0 Å². The van der Waals surface area contributed by atoms with Crippen molar-refractivity contribution < 1.29 is 9.47 Å². The minimum Gasteiger partial charge on any atom is -0.350 e. The van der Waals surface area contributed by atoms with Crippen molar-refractivity contribution in [1.82, 2.24) is 5.32 Å². The summed E-state index contributed by atoms with van der Waals surface area (Å²) in [4.78, 5) is 0. The first-order valence-electron chi connectivity index (χ1n) is 4.30. The smallest absolute Gasteiger partial charge is 0.169 e. The molecule has 0 aromatic carbocycles. The van der Waals surface area contributed by atoms with E-state index >= 15 is 0 Å². The number of hydrogen-bond donors (Lipinski definition) is 1. The van der Waals surface area contributed by atoms with Crippen LogP contribution in [0, 0.1) is 5.92 Å². The van der Waals surface area contributed by atoms with E-state index in [1.165, 1.54) is 0 Å². The normalized spacial score (nSPS) is 45.0. The first-order valence-corrected chi connectivity index (χ1v) is 4.30. The summed E-state index contributed by atoms with van der Waals surface area (Å²) >= 11 is 0. The Morgan fingerprint density at radius 2 is 2.18 bits per heavy atom. The lowest BCUT2D eigenvalue weighted by atomic mass is 10.00. The molecule has 0 spiro atoms. The van der Waals surface area contributed by atoms with Gasteiger partial charge in [-0.15, -0.1) is 0 Å². The van der Waals surface area contributed by atoms with Gasteiger partial charge in [0.25, 0.3) is 0 Å². The predicted octanol–water partition coefficient (Wildman–Crippen LogP) is 0.359. The molecule has 64 valence electrons. The number of ether oxygens (including phenoxy) is 2. The second-order valence-corrected chi connectivity index (χ2v) is 3.40. The summed E-state index contributed by atoms with van der Waals surface area (Å²) in [5, 5.41) is 3.34. The van der Waals surface area contributed by atoms with Gasteiger partial charge in [0.1, 0.15) is 0 Å². The van der Waals surface area contributed by atoms with Gasteiger partial charge in [-0.25, -0.2) is 0 Å². The van der Waals surface area contributed by atoms with Crippen LogP contribution in [0.5, 0.6) is 0 Å². The Bertz CT molecular complexity index is 151. The lowest BCUT2D eigenvalue weighted by molar-refractivity contribution is -0.210. The van der Waals surface area contributed by atoms with Crippen LogP contribution < -0.4 is 5.32 Å². The average molecular weight is 157 g/mol. The topological polar surface area (TPSA) is 30.5 Å². The van der Waals surface area contributed by atoms with Crippen LogP contribution in [0.15, 0.2) is 0 Å². The molecular formula is C8H15NO2. The van der Waals surface area contributed by atoms with E-state index in [2.05, 4.69) is 12.2 Å². The van der Waals surface area contributed by atoms with Gasteiger partial charge < -0.3 is 14.8 Å². The van der Waals surface area contributed by atoms with E-state index in [1.807, 2.05) is 0 Å². The molecule has 2 rings (SSSR count). The minimum absolute atomic E-state index is 0.288. The van der Waals surface area contributed by atoms with Gasteiger partial charge in [0.15, 0.2) is 5.79 Å². The summed E-state index contributed by atoms with van der Waals surface area (Å²) in [7, 11) is 0.